The molecule has 2 rings (SSSR count). The van der Waals surface area contributed by atoms with Crippen LogP contribution in [0.1, 0.15) is 18.2 Å². The van der Waals surface area contributed by atoms with Crippen LogP contribution in [0.15, 0.2) is 10.7 Å². The van der Waals surface area contributed by atoms with Crippen molar-refractivity contribution in [3.8, 4) is 0 Å². The number of nitrogens with one attached hydrogen (secondary N) is 1. The van der Waals surface area contributed by atoms with E-state index >= 15 is 0 Å². The highest BCUT2D eigenvalue weighted by Gasteiger charge is 2.29. The first kappa shape index (κ1) is 15.4. The highest BCUT2D eigenvalue weighted by Crippen LogP contribution is 2.36. The molecule has 4 nitrogen and oxygen atoms in total. The predicted molar refractivity (Wildman–Crippen MR) is 85.7 cm³/mol. The summed E-state index contributed by atoms with van der Waals surface area (Å²) in [6.07, 6.45) is 3.22. The molecule has 1 aliphatic rings. The maximum absolute atomic E-state index is 4.52. The van der Waals surface area contributed by atoms with Crippen LogP contribution in [0.25, 0.3) is 0 Å². The largest absolute Gasteiger partial charge is 0.311 e. The van der Waals surface area contributed by atoms with Crippen molar-refractivity contribution in [1.29, 1.82) is 0 Å². The Labute approximate surface area is 128 Å². The van der Waals surface area contributed by atoms with Gasteiger partial charge in [0.25, 0.3) is 0 Å². The third-order valence-electron chi connectivity index (χ3n) is 3.63. The third-order valence-corrected chi connectivity index (χ3v) is 5.43. The molecule has 1 fully saturated rings. The molecular formula is C13H23BrN4S. The summed E-state index contributed by atoms with van der Waals surface area (Å²) in [5.74, 6) is 3.24. The summed E-state index contributed by atoms with van der Waals surface area (Å²) in [4.78, 5) is 2.19. The van der Waals surface area contributed by atoms with Gasteiger partial charge in [-0.2, -0.15) is 16.9 Å². The first-order valence-electron chi connectivity index (χ1n) is 6.74. The van der Waals surface area contributed by atoms with Crippen molar-refractivity contribution in [2.45, 2.75) is 19.0 Å². The van der Waals surface area contributed by atoms with Gasteiger partial charge in [0.2, 0.25) is 0 Å². The van der Waals surface area contributed by atoms with Crippen molar-refractivity contribution in [2.75, 3.05) is 39.2 Å². The number of likely N-dealkylation sites (N-methyl/N-ethyl adjacent to an activating group) is 1. The predicted octanol–water partition coefficient (Wildman–Crippen LogP) is 2.22. The number of thioether (sulfide) groups is 1. The van der Waals surface area contributed by atoms with E-state index in [2.05, 4.69) is 68.8 Å². The summed E-state index contributed by atoms with van der Waals surface area (Å²) < 4.78 is 3.27. The molecule has 0 aliphatic carbocycles. The lowest BCUT2D eigenvalue weighted by Gasteiger charge is -2.24. The summed E-state index contributed by atoms with van der Waals surface area (Å²) in [6.45, 7) is 1.95. The average Bonchev–Trinajstić information content (AvgIpc) is 3.00. The number of hydrogen-bond donors (Lipinski definition) is 1. The Morgan fingerprint density at radius 1 is 1.63 bits per heavy atom. The Morgan fingerprint density at radius 2 is 2.42 bits per heavy atom. The average molecular weight is 347 g/mol. The molecule has 2 unspecified atom stereocenters. The van der Waals surface area contributed by atoms with E-state index in [1.54, 1.807) is 0 Å². The van der Waals surface area contributed by atoms with Crippen molar-refractivity contribution < 1.29 is 0 Å². The van der Waals surface area contributed by atoms with Crippen LogP contribution in [-0.4, -0.2) is 53.9 Å². The molecule has 1 N–H and O–H groups in total. The zero-order valence-corrected chi connectivity index (χ0v) is 14.3. The van der Waals surface area contributed by atoms with Crippen molar-refractivity contribution in [3.05, 3.63) is 16.4 Å². The maximum Gasteiger partial charge on any atom is 0.0699 e. The Hall–Kier alpha value is -0.0400. The molecule has 0 bridgehead atoms. The molecule has 0 saturated carbocycles. The van der Waals surface area contributed by atoms with Gasteiger partial charge in [-0.3, -0.25) is 4.68 Å². The molecule has 0 spiro atoms. The van der Waals surface area contributed by atoms with E-state index in [0.717, 1.165) is 17.6 Å². The summed E-state index contributed by atoms with van der Waals surface area (Å²) in [6, 6.07) is 0.397. The van der Waals surface area contributed by atoms with E-state index in [1.807, 2.05) is 6.20 Å². The monoisotopic (exact) mass is 346 g/mol. The lowest BCUT2D eigenvalue weighted by molar-refractivity contribution is 0.346. The van der Waals surface area contributed by atoms with Crippen LogP contribution in [0.3, 0.4) is 0 Å². The molecule has 1 aromatic heterocycles. The molecule has 1 aliphatic heterocycles. The standard InChI is InChI=1S/C13H23BrN4S/c1-15-12(10-4-7-19-9-10)13-11(14)8-16-18(13)6-5-17(2)3/h8,10,12,15H,4-7,9H2,1-3H3. The van der Waals surface area contributed by atoms with E-state index in [4.69, 9.17) is 0 Å². The Bertz CT molecular complexity index is 401. The van der Waals surface area contributed by atoms with Crippen LogP contribution in [0, 0.1) is 5.92 Å². The molecular weight excluding hydrogens is 324 g/mol. The van der Waals surface area contributed by atoms with Crippen molar-refractivity contribution in [1.82, 2.24) is 20.0 Å². The minimum atomic E-state index is 0.397. The first-order chi connectivity index (χ1) is 9.13. The van der Waals surface area contributed by atoms with E-state index < -0.39 is 0 Å². The fourth-order valence-electron chi connectivity index (χ4n) is 2.57. The number of halogens is 1. The first-order valence-corrected chi connectivity index (χ1v) is 8.69. The summed E-state index contributed by atoms with van der Waals surface area (Å²) in [5.41, 5.74) is 1.30. The van der Waals surface area contributed by atoms with Crippen LogP contribution < -0.4 is 5.32 Å². The quantitative estimate of drug-likeness (QED) is 0.856. The molecule has 0 amide bonds. The Kier molecular flexibility index (Phi) is 5.74. The smallest absolute Gasteiger partial charge is 0.0699 e. The number of aromatic nitrogens is 2. The molecule has 0 radical (unpaired) electrons. The van der Waals surface area contributed by atoms with Gasteiger partial charge < -0.3 is 10.2 Å². The van der Waals surface area contributed by atoms with Crippen LogP contribution >= 0.6 is 27.7 Å². The zero-order chi connectivity index (χ0) is 13.8. The molecule has 6 heteroatoms. The topological polar surface area (TPSA) is 33.1 Å². The van der Waals surface area contributed by atoms with Crippen LogP contribution in [0.4, 0.5) is 0 Å². The van der Waals surface area contributed by atoms with Crippen LogP contribution in [0.2, 0.25) is 0 Å². The second kappa shape index (κ2) is 7.11. The van der Waals surface area contributed by atoms with E-state index in [9.17, 15) is 0 Å². The van der Waals surface area contributed by atoms with Gasteiger partial charge in [0.1, 0.15) is 0 Å². The minimum absolute atomic E-state index is 0.397. The number of hydrogen-bond acceptors (Lipinski definition) is 4. The van der Waals surface area contributed by atoms with Gasteiger partial charge >= 0.3 is 0 Å². The highest BCUT2D eigenvalue weighted by molar-refractivity contribution is 9.10. The lowest BCUT2D eigenvalue weighted by Crippen LogP contribution is -2.29. The van der Waals surface area contributed by atoms with Crippen molar-refractivity contribution in [3.63, 3.8) is 0 Å². The summed E-state index contributed by atoms with van der Waals surface area (Å²) >= 11 is 5.73. The van der Waals surface area contributed by atoms with E-state index in [-0.39, 0.29) is 0 Å². The fourth-order valence-corrected chi connectivity index (χ4v) is 4.41. The summed E-state index contributed by atoms with van der Waals surface area (Å²) in [5, 5.41) is 8.02. The molecule has 1 saturated heterocycles. The molecule has 2 atom stereocenters. The Morgan fingerprint density at radius 3 is 3.00 bits per heavy atom. The maximum atomic E-state index is 4.52. The SMILES string of the molecule is CNC(c1c(Br)cnn1CCN(C)C)C1CCSC1. The van der Waals surface area contributed by atoms with Gasteiger partial charge in [-0.25, -0.2) is 0 Å². The number of nitrogens with zero attached hydrogens (tertiary/aromatic N) is 3. The van der Waals surface area contributed by atoms with Gasteiger partial charge in [-0.15, -0.1) is 0 Å². The van der Waals surface area contributed by atoms with Gasteiger partial charge in [0.15, 0.2) is 0 Å². The zero-order valence-electron chi connectivity index (χ0n) is 11.9. The van der Waals surface area contributed by atoms with Crippen molar-refractivity contribution in [2.24, 2.45) is 5.92 Å². The van der Waals surface area contributed by atoms with Gasteiger partial charge in [0, 0.05) is 6.54 Å². The molecule has 2 heterocycles. The fraction of sp³-hybridized carbons (Fsp3) is 0.769. The molecule has 19 heavy (non-hydrogen) atoms. The molecule has 108 valence electrons. The normalized spacial score (nSPS) is 21.2. The van der Waals surface area contributed by atoms with Gasteiger partial charge in [-0.05, 0) is 60.9 Å². The van der Waals surface area contributed by atoms with Crippen LogP contribution in [0.5, 0.6) is 0 Å². The molecule has 1 aromatic rings. The summed E-state index contributed by atoms with van der Waals surface area (Å²) in [7, 11) is 6.26. The Balaban J connectivity index is 2.18. The second-order valence-electron chi connectivity index (χ2n) is 5.29. The van der Waals surface area contributed by atoms with Crippen molar-refractivity contribution >= 4 is 27.7 Å². The highest BCUT2D eigenvalue weighted by atomic mass is 79.9. The van der Waals surface area contributed by atoms with Gasteiger partial charge in [-0.1, -0.05) is 0 Å². The molecule has 0 aromatic carbocycles. The minimum Gasteiger partial charge on any atom is -0.311 e. The number of rotatable bonds is 6. The third kappa shape index (κ3) is 3.74. The van der Waals surface area contributed by atoms with Crippen LogP contribution in [-0.2, 0) is 6.54 Å². The van der Waals surface area contributed by atoms with Gasteiger partial charge in [0.05, 0.1) is 29.0 Å². The van der Waals surface area contributed by atoms with E-state index in [0.29, 0.717) is 12.0 Å². The lowest BCUT2D eigenvalue weighted by atomic mass is 9.96. The van der Waals surface area contributed by atoms with E-state index in [1.165, 1.54) is 23.6 Å². The second-order valence-corrected chi connectivity index (χ2v) is 7.30.